The molecule has 1 atom stereocenters. The molecule has 18 heavy (non-hydrogen) atoms. The Bertz CT molecular complexity index is 372. The number of carbonyl (C=O) groups excluding carboxylic acids is 1. The van der Waals surface area contributed by atoms with E-state index in [0.717, 1.165) is 0 Å². The predicted octanol–water partition coefficient (Wildman–Crippen LogP) is 2.17. The lowest BCUT2D eigenvalue weighted by molar-refractivity contribution is -0.153. The van der Waals surface area contributed by atoms with Crippen LogP contribution >= 0.6 is 0 Å². The zero-order valence-electron chi connectivity index (χ0n) is 9.94. The summed E-state index contributed by atoms with van der Waals surface area (Å²) in [4.78, 5) is 15.2. The lowest BCUT2D eigenvalue weighted by Gasteiger charge is -2.11. The highest BCUT2D eigenvalue weighted by molar-refractivity contribution is 5.76. The number of ether oxygens (including phenoxy) is 1. The molecule has 0 aliphatic rings. The molecule has 0 aliphatic heterocycles. The molecule has 1 unspecified atom stereocenters. The van der Waals surface area contributed by atoms with Crippen LogP contribution in [-0.4, -0.2) is 29.3 Å². The third-order valence-corrected chi connectivity index (χ3v) is 1.85. The topological polar surface area (TPSA) is 59.4 Å². The molecule has 1 aromatic rings. The summed E-state index contributed by atoms with van der Waals surface area (Å²) in [5.41, 5.74) is 1.12. The van der Waals surface area contributed by atoms with E-state index in [9.17, 15) is 23.1 Å². The number of esters is 1. The van der Waals surface area contributed by atoms with Crippen molar-refractivity contribution in [3.63, 3.8) is 0 Å². The van der Waals surface area contributed by atoms with Crippen molar-refractivity contribution in [3.05, 3.63) is 29.6 Å². The number of hydrogen-bond acceptors (Lipinski definition) is 4. The molecule has 0 aliphatic carbocycles. The largest absolute Gasteiger partial charge is 0.464 e. The van der Waals surface area contributed by atoms with Gasteiger partial charge in [0, 0.05) is 17.5 Å². The van der Waals surface area contributed by atoms with E-state index in [1.807, 2.05) is 0 Å². The van der Waals surface area contributed by atoms with E-state index >= 15 is 0 Å². The molecule has 1 heterocycles. The predicted molar refractivity (Wildman–Crippen MR) is 57.7 cm³/mol. The lowest BCUT2D eigenvalue weighted by Crippen LogP contribution is -2.16. The van der Waals surface area contributed by atoms with Crippen LogP contribution in [0.4, 0.5) is 13.2 Å². The Kier molecular flexibility index (Phi) is 7.69. The molecule has 7 heteroatoms. The normalized spacial score (nSPS) is 11.5. The minimum Gasteiger partial charge on any atom is -0.464 e. The van der Waals surface area contributed by atoms with Crippen LogP contribution in [0, 0.1) is 6.92 Å². The molecule has 0 saturated carbocycles. The van der Waals surface area contributed by atoms with Gasteiger partial charge in [-0.25, -0.2) is 4.79 Å². The molecular weight excluding hydrogens is 251 g/mol. The Morgan fingerprint density at radius 2 is 2.06 bits per heavy atom. The Hall–Kier alpha value is -1.63. The van der Waals surface area contributed by atoms with E-state index < -0.39 is 18.8 Å². The molecule has 1 rings (SSSR count). The fourth-order valence-electron chi connectivity index (χ4n) is 1.13. The Labute approximate surface area is 102 Å². The van der Waals surface area contributed by atoms with E-state index in [2.05, 4.69) is 4.98 Å². The summed E-state index contributed by atoms with van der Waals surface area (Å²) < 4.78 is 33.7. The van der Waals surface area contributed by atoms with E-state index in [1.165, 1.54) is 0 Å². The summed E-state index contributed by atoms with van der Waals surface area (Å²) >= 11 is 0. The molecule has 102 valence electrons. The highest BCUT2D eigenvalue weighted by Gasteiger charge is 2.20. The third-order valence-electron chi connectivity index (χ3n) is 1.85. The van der Waals surface area contributed by atoms with Crippen molar-refractivity contribution in [1.82, 2.24) is 4.98 Å². The molecule has 1 N–H and O–H groups in total. The van der Waals surface area contributed by atoms with Crippen LogP contribution in [0.1, 0.15) is 24.3 Å². The zero-order valence-corrected chi connectivity index (χ0v) is 9.94. The van der Waals surface area contributed by atoms with E-state index in [4.69, 9.17) is 4.74 Å². The molecule has 0 aromatic carbocycles. The summed E-state index contributed by atoms with van der Waals surface area (Å²) in [7, 11) is 0. The Morgan fingerprint density at radius 3 is 2.50 bits per heavy atom. The van der Waals surface area contributed by atoms with Gasteiger partial charge in [0.05, 0.1) is 6.61 Å². The Balaban J connectivity index is 0.000000631. The van der Waals surface area contributed by atoms with Crippen molar-refractivity contribution in [2.45, 2.75) is 26.6 Å². The molecule has 4 nitrogen and oxygen atoms in total. The van der Waals surface area contributed by atoms with Crippen molar-refractivity contribution in [2.24, 2.45) is 0 Å². The minimum absolute atomic E-state index is 0.259. The number of pyridine rings is 1. The van der Waals surface area contributed by atoms with E-state index in [1.54, 1.807) is 32.2 Å². The summed E-state index contributed by atoms with van der Waals surface area (Å²) in [6.45, 7) is 0.0215. The van der Waals surface area contributed by atoms with Gasteiger partial charge in [-0.3, -0.25) is 4.98 Å². The van der Waals surface area contributed by atoms with Gasteiger partial charge in [-0.2, -0.15) is 13.2 Å². The fourth-order valence-corrected chi connectivity index (χ4v) is 1.13. The van der Waals surface area contributed by atoms with Crippen molar-refractivity contribution >= 4 is 5.97 Å². The Morgan fingerprint density at radius 1 is 1.50 bits per heavy atom. The minimum atomic E-state index is -3.67. The molecular formula is C11H14F3NO3. The van der Waals surface area contributed by atoms with Crippen LogP contribution in [0.3, 0.4) is 0 Å². The number of aliphatic hydroxyl groups is 1. The van der Waals surface area contributed by atoms with Crippen LogP contribution in [-0.2, 0) is 9.53 Å². The van der Waals surface area contributed by atoms with Crippen molar-refractivity contribution in [1.29, 1.82) is 0 Å². The second kappa shape index (κ2) is 8.46. The maximum Gasteiger partial charge on any atom is 0.379 e. The molecule has 0 saturated heterocycles. The lowest BCUT2D eigenvalue weighted by atomic mass is 10.1. The SMILES string of the molecule is CCOC(=O)C(O)c1cccnc1C.FC(F)F. The number of alkyl halides is 3. The van der Waals surface area contributed by atoms with Crippen molar-refractivity contribution < 1.29 is 27.8 Å². The number of nitrogens with zero attached hydrogens (tertiary/aromatic N) is 1. The molecule has 0 spiro atoms. The first kappa shape index (κ1) is 16.4. The second-order valence-electron chi connectivity index (χ2n) is 3.08. The first-order valence-corrected chi connectivity index (χ1v) is 5.08. The number of aromatic nitrogens is 1. The summed E-state index contributed by atoms with van der Waals surface area (Å²) in [6.07, 6.45) is 0.375. The molecule has 1 aromatic heterocycles. The smallest absolute Gasteiger partial charge is 0.379 e. The van der Waals surface area contributed by atoms with Gasteiger partial charge in [-0.1, -0.05) is 6.07 Å². The van der Waals surface area contributed by atoms with Gasteiger partial charge in [-0.15, -0.1) is 0 Å². The first-order chi connectivity index (χ1) is 8.40. The van der Waals surface area contributed by atoms with Crippen LogP contribution in [0.25, 0.3) is 0 Å². The number of aryl methyl sites for hydroxylation is 1. The van der Waals surface area contributed by atoms with E-state index in [-0.39, 0.29) is 6.61 Å². The quantitative estimate of drug-likeness (QED) is 0.851. The van der Waals surface area contributed by atoms with E-state index in [0.29, 0.717) is 11.3 Å². The second-order valence-corrected chi connectivity index (χ2v) is 3.08. The number of aliphatic hydroxyl groups excluding tert-OH is 1. The van der Waals surface area contributed by atoms with Gasteiger partial charge in [-0.05, 0) is 19.9 Å². The average Bonchev–Trinajstić information content (AvgIpc) is 2.28. The third kappa shape index (κ3) is 6.19. The monoisotopic (exact) mass is 265 g/mol. The number of halogens is 3. The number of hydrogen-bond donors (Lipinski definition) is 1. The van der Waals surface area contributed by atoms with Gasteiger partial charge < -0.3 is 9.84 Å². The van der Waals surface area contributed by atoms with Gasteiger partial charge in [0.25, 0.3) is 0 Å². The van der Waals surface area contributed by atoms with Crippen LogP contribution < -0.4 is 0 Å². The van der Waals surface area contributed by atoms with Crippen LogP contribution in [0.5, 0.6) is 0 Å². The standard InChI is InChI=1S/C10H13NO3.CHF3/c1-3-14-10(13)9(12)8-5-4-6-11-7(8)2;2-1(3)4/h4-6,9,12H,3H2,1-2H3;1H. The maximum absolute atomic E-state index is 11.2. The highest BCUT2D eigenvalue weighted by atomic mass is 19.4. The molecule has 0 bridgehead atoms. The highest BCUT2D eigenvalue weighted by Crippen LogP contribution is 2.16. The van der Waals surface area contributed by atoms with Crippen LogP contribution in [0.2, 0.25) is 0 Å². The fraction of sp³-hybridized carbons (Fsp3) is 0.455. The van der Waals surface area contributed by atoms with Gasteiger partial charge >= 0.3 is 12.6 Å². The van der Waals surface area contributed by atoms with Gasteiger partial charge in [0.2, 0.25) is 0 Å². The number of carbonyl (C=O) groups is 1. The van der Waals surface area contributed by atoms with Crippen LogP contribution in [0.15, 0.2) is 18.3 Å². The molecule has 0 fully saturated rings. The number of rotatable bonds is 3. The summed E-state index contributed by atoms with van der Waals surface area (Å²) in [5, 5.41) is 9.59. The van der Waals surface area contributed by atoms with Gasteiger partial charge in [0.15, 0.2) is 6.10 Å². The molecule has 0 radical (unpaired) electrons. The maximum atomic E-state index is 11.2. The van der Waals surface area contributed by atoms with Gasteiger partial charge in [0.1, 0.15) is 0 Å². The average molecular weight is 265 g/mol. The zero-order chi connectivity index (χ0) is 14.1. The van der Waals surface area contributed by atoms with Crippen molar-refractivity contribution in [2.75, 3.05) is 6.61 Å². The molecule has 0 amide bonds. The summed E-state index contributed by atoms with van der Waals surface area (Å²) in [5.74, 6) is -0.636. The van der Waals surface area contributed by atoms with Crippen molar-refractivity contribution in [3.8, 4) is 0 Å². The summed E-state index contributed by atoms with van der Waals surface area (Å²) in [6, 6.07) is 3.33. The first-order valence-electron chi connectivity index (χ1n) is 5.08.